The topological polar surface area (TPSA) is 49.4 Å². The molecule has 3 rings (SSSR count). The summed E-state index contributed by atoms with van der Waals surface area (Å²) in [7, 11) is 0. The molecule has 0 aliphatic rings. The highest BCUT2D eigenvalue weighted by atomic mass is 19.1. The standard InChI is InChI=1S/C29H33FN2O2/c1-3-4-17-31-29(34)27(19-23-10-6-5-7-11-23)32(21-24-13-15-26(30)16-14-24)28(33)20-25-12-8-9-22(2)18-25/h5-16,18,27H,3-4,17,19-21H2,1-2H3,(H,31,34). The first kappa shape index (κ1) is 25.2. The monoisotopic (exact) mass is 460 g/mol. The van der Waals surface area contributed by atoms with Crippen LogP contribution >= 0.6 is 0 Å². The first-order valence-electron chi connectivity index (χ1n) is 11.9. The van der Waals surface area contributed by atoms with E-state index in [9.17, 15) is 14.0 Å². The van der Waals surface area contributed by atoms with Crippen LogP contribution in [0.1, 0.15) is 42.0 Å². The van der Waals surface area contributed by atoms with Gasteiger partial charge in [0, 0.05) is 19.5 Å². The van der Waals surface area contributed by atoms with E-state index in [1.807, 2.05) is 61.5 Å². The van der Waals surface area contributed by atoms with E-state index in [0.717, 1.165) is 35.1 Å². The molecule has 3 aromatic rings. The molecule has 3 aromatic carbocycles. The maximum atomic E-state index is 13.6. The number of hydrogen-bond acceptors (Lipinski definition) is 2. The summed E-state index contributed by atoms with van der Waals surface area (Å²) in [5, 5.41) is 3.01. The molecule has 2 amide bonds. The molecule has 1 atom stereocenters. The fourth-order valence-corrected chi connectivity index (χ4v) is 3.94. The third kappa shape index (κ3) is 7.55. The minimum Gasteiger partial charge on any atom is -0.354 e. The van der Waals surface area contributed by atoms with Gasteiger partial charge in [0.1, 0.15) is 11.9 Å². The molecule has 1 N–H and O–H groups in total. The number of amides is 2. The molecule has 0 saturated carbocycles. The van der Waals surface area contributed by atoms with Gasteiger partial charge in [-0.25, -0.2) is 4.39 Å². The van der Waals surface area contributed by atoms with Crippen molar-refractivity contribution in [3.63, 3.8) is 0 Å². The molecule has 34 heavy (non-hydrogen) atoms. The summed E-state index contributed by atoms with van der Waals surface area (Å²) < 4.78 is 13.5. The van der Waals surface area contributed by atoms with E-state index >= 15 is 0 Å². The van der Waals surface area contributed by atoms with Gasteiger partial charge in [0.2, 0.25) is 11.8 Å². The zero-order valence-corrected chi connectivity index (χ0v) is 20.0. The average Bonchev–Trinajstić information content (AvgIpc) is 2.83. The minimum atomic E-state index is -0.679. The van der Waals surface area contributed by atoms with Crippen molar-refractivity contribution in [1.29, 1.82) is 0 Å². The normalized spacial score (nSPS) is 11.6. The van der Waals surface area contributed by atoms with E-state index in [-0.39, 0.29) is 30.6 Å². The molecular weight excluding hydrogens is 427 g/mol. The highest BCUT2D eigenvalue weighted by Crippen LogP contribution is 2.17. The van der Waals surface area contributed by atoms with Gasteiger partial charge in [-0.15, -0.1) is 0 Å². The van der Waals surface area contributed by atoms with E-state index in [4.69, 9.17) is 0 Å². The zero-order valence-electron chi connectivity index (χ0n) is 20.0. The molecule has 0 aromatic heterocycles. The predicted molar refractivity (Wildman–Crippen MR) is 134 cm³/mol. The van der Waals surface area contributed by atoms with Crippen molar-refractivity contribution < 1.29 is 14.0 Å². The Kier molecular flexibility index (Phi) is 9.39. The molecule has 0 bridgehead atoms. The maximum Gasteiger partial charge on any atom is 0.243 e. The molecule has 0 spiro atoms. The fourth-order valence-electron chi connectivity index (χ4n) is 3.94. The van der Waals surface area contributed by atoms with Crippen LogP contribution in [-0.4, -0.2) is 29.3 Å². The second kappa shape index (κ2) is 12.7. The molecule has 0 radical (unpaired) electrons. The second-order valence-corrected chi connectivity index (χ2v) is 8.66. The van der Waals surface area contributed by atoms with Gasteiger partial charge in [-0.1, -0.05) is 85.6 Å². The second-order valence-electron chi connectivity index (χ2n) is 8.66. The van der Waals surface area contributed by atoms with Gasteiger partial charge < -0.3 is 10.2 Å². The van der Waals surface area contributed by atoms with E-state index in [1.54, 1.807) is 17.0 Å². The van der Waals surface area contributed by atoms with Crippen molar-refractivity contribution in [2.45, 2.75) is 52.1 Å². The van der Waals surface area contributed by atoms with Crippen molar-refractivity contribution in [2.24, 2.45) is 0 Å². The summed E-state index contributed by atoms with van der Waals surface area (Å²) in [6.07, 6.45) is 2.43. The van der Waals surface area contributed by atoms with Gasteiger partial charge in [-0.05, 0) is 42.2 Å². The van der Waals surface area contributed by atoms with Crippen LogP contribution in [0.15, 0.2) is 78.9 Å². The Hall–Kier alpha value is -3.47. The lowest BCUT2D eigenvalue weighted by Crippen LogP contribution is -2.51. The lowest BCUT2D eigenvalue weighted by molar-refractivity contribution is -0.140. The summed E-state index contributed by atoms with van der Waals surface area (Å²) in [5.41, 5.74) is 3.73. The van der Waals surface area contributed by atoms with E-state index in [1.165, 1.54) is 12.1 Å². The van der Waals surface area contributed by atoms with Crippen LogP contribution in [0.25, 0.3) is 0 Å². The maximum absolute atomic E-state index is 13.6. The van der Waals surface area contributed by atoms with Crippen LogP contribution in [0.5, 0.6) is 0 Å². The third-order valence-corrected chi connectivity index (χ3v) is 5.80. The van der Waals surface area contributed by atoms with Crippen LogP contribution < -0.4 is 5.32 Å². The van der Waals surface area contributed by atoms with Crippen LogP contribution in [0.4, 0.5) is 4.39 Å². The summed E-state index contributed by atoms with van der Waals surface area (Å²) >= 11 is 0. The summed E-state index contributed by atoms with van der Waals surface area (Å²) in [4.78, 5) is 28.6. The number of rotatable bonds is 11. The molecule has 0 aliphatic carbocycles. The molecule has 178 valence electrons. The molecule has 5 heteroatoms. The van der Waals surface area contributed by atoms with Crippen LogP contribution in [-0.2, 0) is 29.0 Å². The predicted octanol–water partition coefficient (Wildman–Crippen LogP) is 5.23. The van der Waals surface area contributed by atoms with Crippen molar-refractivity contribution in [2.75, 3.05) is 6.54 Å². The van der Waals surface area contributed by atoms with E-state index in [2.05, 4.69) is 12.2 Å². The van der Waals surface area contributed by atoms with Gasteiger partial charge in [-0.3, -0.25) is 9.59 Å². The highest BCUT2D eigenvalue weighted by Gasteiger charge is 2.30. The smallest absolute Gasteiger partial charge is 0.243 e. The fraction of sp³-hybridized carbons (Fsp3) is 0.310. The van der Waals surface area contributed by atoms with Crippen molar-refractivity contribution in [3.05, 3.63) is 107 Å². The summed E-state index contributed by atoms with van der Waals surface area (Å²) in [6.45, 7) is 4.85. The first-order chi connectivity index (χ1) is 16.5. The van der Waals surface area contributed by atoms with Gasteiger partial charge in [0.15, 0.2) is 0 Å². The van der Waals surface area contributed by atoms with Crippen molar-refractivity contribution in [3.8, 4) is 0 Å². The Bertz CT molecular complexity index is 1070. The van der Waals surface area contributed by atoms with Gasteiger partial charge in [-0.2, -0.15) is 0 Å². The number of nitrogens with zero attached hydrogens (tertiary/aromatic N) is 1. The average molecular weight is 461 g/mol. The lowest BCUT2D eigenvalue weighted by atomic mass is 10.0. The van der Waals surface area contributed by atoms with Gasteiger partial charge >= 0.3 is 0 Å². The molecule has 0 aliphatic heterocycles. The quantitative estimate of drug-likeness (QED) is 0.398. The Morgan fingerprint density at radius 3 is 2.29 bits per heavy atom. The largest absolute Gasteiger partial charge is 0.354 e. The summed E-state index contributed by atoms with van der Waals surface area (Å²) in [5.74, 6) is -0.641. The SMILES string of the molecule is CCCCNC(=O)C(Cc1ccccc1)N(Cc1ccc(F)cc1)C(=O)Cc1cccc(C)c1. The molecule has 4 nitrogen and oxygen atoms in total. The number of hydrogen-bond donors (Lipinski definition) is 1. The number of carbonyl (C=O) groups excluding carboxylic acids is 2. The van der Waals surface area contributed by atoms with Crippen molar-refractivity contribution in [1.82, 2.24) is 10.2 Å². The Balaban J connectivity index is 1.93. The van der Waals surface area contributed by atoms with Crippen molar-refractivity contribution >= 4 is 11.8 Å². The highest BCUT2D eigenvalue weighted by molar-refractivity contribution is 5.88. The number of aryl methyl sites for hydroxylation is 1. The molecule has 1 unspecified atom stereocenters. The molecular formula is C29H33FN2O2. The van der Waals surface area contributed by atoms with Gasteiger partial charge in [0.25, 0.3) is 0 Å². The number of halogens is 1. The Morgan fingerprint density at radius 2 is 1.62 bits per heavy atom. The van der Waals surface area contributed by atoms with E-state index in [0.29, 0.717) is 13.0 Å². The number of carbonyl (C=O) groups is 2. The molecule has 0 fully saturated rings. The molecule has 0 saturated heterocycles. The van der Waals surface area contributed by atoms with Gasteiger partial charge in [0.05, 0.1) is 6.42 Å². The third-order valence-electron chi connectivity index (χ3n) is 5.80. The van der Waals surface area contributed by atoms with Crippen LogP contribution in [0.3, 0.4) is 0 Å². The Morgan fingerprint density at radius 1 is 0.912 bits per heavy atom. The first-order valence-corrected chi connectivity index (χ1v) is 11.9. The Labute approximate surface area is 201 Å². The van der Waals surface area contributed by atoms with Crippen LogP contribution in [0, 0.1) is 12.7 Å². The summed E-state index contributed by atoms with van der Waals surface area (Å²) in [6, 6.07) is 23.0. The van der Waals surface area contributed by atoms with Crippen LogP contribution in [0.2, 0.25) is 0 Å². The molecule has 0 heterocycles. The number of unbranched alkanes of at least 4 members (excludes halogenated alkanes) is 1. The van der Waals surface area contributed by atoms with E-state index < -0.39 is 6.04 Å². The lowest BCUT2D eigenvalue weighted by Gasteiger charge is -2.32. The zero-order chi connectivity index (χ0) is 24.3. The number of nitrogens with one attached hydrogen (secondary N) is 1. The number of benzene rings is 3. The minimum absolute atomic E-state index is 0.138.